The van der Waals surface area contributed by atoms with Gasteiger partial charge in [-0.1, -0.05) is 18.2 Å². The largest absolute Gasteiger partial charge is 0.495 e. The maximum absolute atomic E-state index is 13.5. The van der Waals surface area contributed by atoms with Crippen molar-refractivity contribution < 1.29 is 22.7 Å². The van der Waals surface area contributed by atoms with Gasteiger partial charge in [0.25, 0.3) is 0 Å². The molecule has 0 spiro atoms. The first kappa shape index (κ1) is 23.4. The number of aliphatic hydroxyl groups is 1. The number of methoxy groups -OCH3 is 1. The van der Waals surface area contributed by atoms with E-state index in [9.17, 15) is 17.9 Å². The van der Waals surface area contributed by atoms with E-state index in [-0.39, 0.29) is 5.82 Å². The lowest BCUT2D eigenvalue weighted by Gasteiger charge is -2.38. The van der Waals surface area contributed by atoms with E-state index in [1.165, 1.54) is 23.5 Å². The Morgan fingerprint density at radius 2 is 1.88 bits per heavy atom. The number of aromatic nitrogens is 2. The van der Waals surface area contributed by atoms with Crippen molar-refractivity contribution in [3.63, 3.8) is 0 Å². The monoisotopic (exact) mass is 473 g/mol. The van der Waals surface area contributed by atoms with Gasteiger partial charge in [0.2, 0.25) is 10.0 Å². The molecule has 176 valence electrons. The molecule has 1 aliphatic heterocycles. The molecule has 1 saturated heterocycles. The lowest BCUT2D eigenvalue weighted by atomic mass is 10.0. The van der Waals surface area contributed by atoms with Crippen LogP contribution in [0.1, 0.15) is 48.7 Å². The first-order valence-corrected chi connectivity index (χ1v) is 12.4. The first-order valence-electron chi connectivity index (χ1n) is 10.9. The highest BCUT2D eigenvalue weighted by molar-refractivity contribution is 7.89. The van der Waals surface area contributed by atoms with Crippen LogP contribution < -0.4 is 4.74 Å². The maximum atomic E-state index is 13.5. The minimum absolute atomic E-state index is 0.348. The lowest BCUT2D eigenvalue weighted by Crippen LogP contribution is -2.47. The zero-order valence-electron chi connectivity index (χ0n) is 18.8. The van der Waals surface area contributed by atoms with Crippen LogP contribution in [0.5, 0.6) is 5.75 Å². The van der Waals surface area contributed by atoms with E-state index in [1.807, 2.05) is 17.7 Å². The minimum atomic E-state index is -3.81. The van der Waals surface area contributed by atoms with E-state index in [0.29, 0.717) is 36.3 Å². The summed E-state index contributed by atoms with van der Waals surface area (Å²) in [5, 5.41) is 10.2. The first-order chi connectivity index (χ1) is 15.7. The fourth-order valence-electron chi connectivity index (χ4n) is 4.40. The second-order valence-electron chi connectivity index (χ2n) is 8.36. The van der Waals surface area contributed by atoms with Crippen LogP contribution in [0.4, 0.5) is 4.39 Å². The Morgan fingerprint density at radius 1 is 1.18 bits per heavy atom. The third-order valence-corrected chi connectivity index (χ3v) is 8.66. The van der Waals surface area contributed by atoms with E-state index in [2.05, 4.69) is 4.98 Å². The molecule has 3 unspecified atom stereocenters. The van der Waals surface area contributed by atoms with E-state index in [0.717, 1.165) is 11.4 Å². The molecule has 4 rings (SSSR count). The average Bonchev–Trinajstić information content (AvgIpc) is 3.24. The summed E-state index contributed by atoms with van der Waals surface area (Å²) in [6.07, 6.45) is 3.28. The van der Waals surface area contributed by atoms with Crippen LogP contribution in [0.2, 0.25) is 0 Å². The van der Waals surface area contributed by atoms with E-state index >= 15 is 0 Å². The minimum Gasteiger partial charge on any atom is -0.495 e. The molecule has 2 aromatic carbocycles. The molecule has 3 atom stereocenters. The van der Waals surface area contributed by atoms with Crippen LogP contribution in [0.25, 0.3) is 5.69 Å². The van der Waals surface area contributed by atoms with Gasteiger partial charge in [-0.2, -0.15) is 4.31 Å². The Hall–Kier alpha value is -2.75. The van der Waals surface area contributed by atoms with Crippen molar-refractivity contribution in [2.45, 2.75) is 44.1 Å². The van der Waals surface area contributed by atoms with Gasteiger partial charge in [-0.25, -0.2) is 17.8 Å². The maximum Gasteiger partial charge on any atom is 0.220 e. The smallest absolute Gasteiger partial charge is 0.220 e. The van der Waals surface area contributed by atoms with Crippen LogP contribution >= 0.6 is 0 Å². The summed E-state index contributed by atoms with van der Waals surface area (Å²) in [5.41, 5.74) is 2.77. The molecule has 9 heteroatoms. The summed E-state index contributed by atoms with van der Waals surface area (Å²) in [4.78, 5) is 4.23. The number of aliphatic hydroxyl groups excluding tert-OH is 1. The Morgan fingerprint density at radius 3 is 2.52 bits per heavy atom. The van der Waals surface area contributed by atoms with E-state index in [1.54, 1.807) is 43.6 Å². The molecule has 7 nitrogen and oxygen atoms in total. The molecule has 0 aliphatic carbocycles. The van der Waals surface area contributed by atoms with E-state index in [4.69, 9.17) is 4.74 Å². The number of ether oxygens (including phenoxy) is 1. The summed E-state index contributed by atoms with van der Waals surface area (Å²) >= 11 is 0. The summed E-state index contributed by atoms with van der Waals surface area (Å²) in [6.45, 7) is 4.02. The Balaban J connectivity index is 1.62. The van der Waals surface area contributed by atoms with Crippen molar-refractivity contribution in [1.29, 1.82) is 0 Å². The van der Waals surface area contributed by atoms with Crippen LogP contribution in [0.3, 0.4) is 0 Å². The van der Waals surface area contributed by atoms with E-state index < -0.39 is 27.4 Å². The van der Waals surface area contributed by atoms with Gasteiger partial charge in [-0.3, -0.25) is 0 Å². The number of hydrogen-bond acceptors (Lipinski definition) is 5. The number of nitrogens with zero attached hydrogens (tertiary/aromatic N) is 3. The normalized spacial score (nSPS) is 20.3. The van der Waals surface area contributed by atoms with Gasteiger partial charge in [0.1, 0.15) is 16.8 Å². The molecule has 0 bridgehead atoms. The molecule has 33 heavy (non-hydrogen) atoms. The van der Waals surface area contributed by atoms with Crippen molar-refractivity contribution in [3.05, 3.63) is 77.6 Å². The molecular formula is C24H28FN3O4S. The summed E-state index contributed by atoms with van der Waals surface area (Å²) in [5.74, 6) is 0.137. The van der Waals surface area contributed by atoms with Gasteiger partial charge >= 0.3 is 0 Å². The number of benzene rings is 2. The average molecular weight is 474 g/mol. The molecule has 0 amide bonds. The predicted octanol–water partition coefficient (Wildman–Crippen LogP) is 3.92. The molecule has 0 saturated carbocycles. The van der Waals surface area contributed by atoms with Crippen molar-refractivity contribution in [3.8, 4) is 11.4 Å². The quantitative estimate of drug-likeness (QED) is 0.587. The fraction of sp³-hybridized carbons (Fsp3) is 0.375. The van der Waals surface area contributed by atoms with Gasteiger partial charge in [-0.15, -0.1) is 0 Å². The zero-order valence-corrected chi connectivity index (χ0v) is 19.7. The van der Waals surface area contributed by atoms with Crippen molar-refractivity contribution in [2.24, 2.45) is 0 Å². The Bertz CT molecular complexity index is 1230. The second-order valence-corrected chi connectivity index (χ2v) is 10.5. The van der Waals surface area contributed by atoms with Crippen LogP contribution in [-0.4, -0.2) is 46.3 Å². The fourth-order valence-corrected chi connectivity index (χ4v) is 6.64. The number of imidazole rings is 1. The predicted molar refractivity (Wildman–Crippen MR) is 123 cm³/mol. The molecular weight excluding hydrogens is 445 g/mol. The Kier molecular flexibility index (Phi) is 6.56. The van der Waals surface area contributed by atoms with Gasteiger partial charge in [0, 0.05) is 18.8 Å². The topological polar surface area (TPSA) is 84.7 Å². The summed E-state index contributed by atoms with van der Waals surface area (Å²) in [6, 6.07) is 10.5. The van der Waals surface area contributed by atoms with Gasteiger partial charge in [-0.05, 0) is 62.1 Å². The highest BCUT2D eigenvalue weighted by Gasteiger charge is 2.43. The van der Waals surface area contributed by atoms with Crippen molar-refractivity contribution >= 4 is 10.0 Å². The third kappa shape index (κ3) is 4.53. The third-order valence-electron chi connectivity index (χ3n) is 6.25. The summed E-state index contributed by atoms with van der Waals surface area (Å²) < 4.78 is 49.1. The number of sulfonamides is 1. The van der Waals surface area contributed by atoms with Crippen molar-refractivity contribution in [1.82, 2.24) is 13.9 Å². The molecule has 2 heterocycles. The number of hydrogen-bond donors (Lipinski definition) is 1. The summed E-state index contributed by atoms with van der Waals surface area (Å²) in [7, 11) is -2.28. The molecule has 0 radical (unpaired) electrons. The van der Waals surface area contributed by atoms with Gasteiger partial charge < -0.3 is 14.4 Å². The molecule has 3 aromatic rings. The van der Waals surface area contributed by atoms with Gasteiger partial charge in [0.05, 0.1) is 30.9 Å². The van der Waals surface area contributed by atoms with Crippen LogP contribution in [-0.2, 0) is 10.0 Å². The molecule has 1 aliphatic rings. The number of rotatable bonds is 6. The molecule has 1 fully saturated rings. The molecule has 1 aromatic heterocycles. The zero-order chi connectivity index (χ0) is 23.8. The number of aryl methyl sites for hydroxylation is 1. The van der Waals surface area contributed by atoms with Crippen LogP contribution in [0, 0.1) is 12.7 Å². The molecule has 1 N–H and O–H groups in total. The lowest BCUT2D eigenvalue weighted by molar-refractivity contribution is 0.152. The number of halogens is 1. The highest BCUT2D eigenvalue weighted by Crippen LogP contribution is 2.38. The highest BCUT2D eigenvalue weighted by atomic mass is 32.2. The van der Waals surface area contributed by atoms with Crippen molar-refractivity contribution in [2.75, 3.05) is 13.7 Å². The Labute approximate surface area is 193 Å². The van der Waals surface area contributed by atoms with Gasteiger partial charge in [0.15, 0.2) is 0 Å². The second kappa shape index (κ2) is 9.24. The SMILES string of the molecule is COc1cc(C(O)C2CCCN(C(C)c3ccc(F)cc3)S2(=O)=O)ccc1-n1cnc(C)c1. The van der Waals surface area contributed by atoms with Crippen LogP contribution in [0.15, 0.2) is 55.0 Å². The standard InChI is InChI=1S/C24H28FN3O4S/c1-16-14-27(15-26-16)21-11-8-19(13-22(21)32-3)24(29)23-5-4-12-28(33(23,30)31)17(2)18-6-9-20(25)10-7-18/h6-11,13-15,17,23-24,29H,4-5,12H2,1-3H3.